The van der Waals surface area contributed by atoms with Gasteiger partial charge < -0.3 is 32.5 Å². The van der Waals surface area contributed by atoms with Gasteiger partial charge in [0.1, 0.15) is 23.7 Å². The minimum absolute atomic E-state index is 0.187. The molecule has 0 spiro atoms. The summed E-state index contributed by atoms with van der Waals surface area (Å²) < 4.78 is 44.2. The zero-order valence-corrected chi connectivity index (χ0v) is 27.9. The summed E-state index contributed by atoms with van der Waals surface area (Å²) >= 11 is 0. The molecule has 0 N–H and O–H groups in total. The second-order valence-corrected chi connectivity index (χ2v) is 18.1. The second kappa shape index (κ2) is 13.0. The van der Waals surface area contributed by atoms with Crippen LogP contribution in [0.15, 0.2) is 84.9 Å². The minimum atomic E-state index is -3.07. The lowest BCUT2D eigenvalue weighted by atomic mass is 9.98. The Morgan fingerprint density at radius 2 is 1.20 bits per heavy atom. The van der Waals surface area contributed by atoms with Crippen molar-refractivity contribution in [1.82, 2.24) is 0 Å². The van der Waals surface area contributed by atoms with Gasteiger partial charge in [0.2, 0.25) is 12.4 Å². The minimum Gasteiger partial charge on any atom is -0.497 e. The molecule has 0 amide bonds. The van der Waals surface area contributed by atoms with Gasteiger partial charge in [0.15, 0.2) is 6.10 Å². The van der Waals surface area contributed by atoms with Gasteiger partial charge in [0, 0.05) is 10.1 Å². The molecule has 240 valence electrons. The van der Waals surface area contributed by atoms with Crippen LogP contribution >= 0.6 is 0 Å². The Balaban J connectivity index is 1.58. The zero-order chi connectivity index (χ0) is 32.4. The quantitative estimate of drug-likeness (QED) is 0.208. The van der Waals surface area contributed by atoms with E-state index in [4.69, 9.17) is 32.5 Å². The largest absolute Gasteiger partial charge is 0.497 e. The summed E-state index contributed by atoms with van der Waals surface area (Å²) in [5.74, 6) is -0.111. The first-order chi connectivity index (χ1) is 21.3. The van der Waals surface area contributed by atoms with Gasteiger partial charge in [-0.2, -0.15) is 0 Å². The van der Waals surface area contributed by atoms with Gasteiger partial charge in [-0.1, -0.05) is 77.9 Å². The van der Waals surface area contributed by atoms with Gasteiger partial charge >= 0.3 is 20.5 Å². The average Bonchev–Trinajstić information content (AvgIpc) is 3.02. The number of carbonyl (C=O) groups is 2. The van der Waals surface area contributed by atoms with Crippen molar-refractivity contribution >= 4 is 20.5 Å². The molecule has 45 heavy (non-hydrogen) atoms. The van der Waals surface area contributed by atoms with Gasteiger partial charge in [-0.15, -0.1) is 0 Å². The van der Waals surface area contributed by atoms with Crippen LogP contribution in [0, 0.1) is 0 Å². The number of rotatable bonds is 7. The van der Waals surface area contributed by atoms with Crippen molar-refractivity contribution in [3.63, 3.8) is 0 Å². The molecule has 10 heteroatoms. The number of benzene rings is 3. The van der Waals surface area contributed by atoms with Crippen molar-refractivity contribution in [1.29, 1.82) is 0 Å². The summed E-state index contributed by atoms with van der Waals surface area (Å²) in [6.07, 6.45) is -4.93. The summed E-state index contributed by atoms with van der Waals surface area (Å²) in [5.41, 5.74) is 0.681. The van der Waals surface area contributed by atoms with Crippen LogP contribution in [0.1, 0.15) is 62.3 Å². The fourth-order valence-corrected chi connectivity index (χ4v) is 11.1. The summed E-state index contributed by atoms with van der Waals surface area (Å²) in [6.45, 7) is 12.8. The molecule has 2 aliphatic heterocycles. The molecule has 5 atom stereocenters. The standard InChI is InChI=1S/C35H42O9Si/c1-34(2,3)45(35(4,5)6)39-22-27-28(44-45)29(42-31(36)23-14-10-8-11-15-23)30(43-32(37)24-16-12-9-13-17-24)33(41-27)40-26-20-18-25(38-7)19-21-26/h8-21,27-30,33H,22H2,1-7H3/t27-,28+,29+,30-,33-/m1/s1. The smallest absolute Gasteiger partial charge is 0.349 e. The number of fused-ring (bicyclic) bond motifs is 1. The molecule has 9 nitrogen and oxygen atoms in total. The first kappa shape index (κ1) is 32.7. The monoisotopic (exact) mass is 634 g/mol. The van der Waals surface area contributed by atoms with Crippen LogP contribution in [0.3, 0.4) is 0 Å². The highest BCUT2D eigenvalue weighted by Gasteiger charge is 2.66. The van der Waals surface area contributed by atoms with E-state index in [1.165, 1.54) is 0 Å². The van der Waals surface area contributed by atoms with E-state index >= 15 is 0 Å². The maximum absolute atomic E-state index is 13.6. The van der Waals surface area contributed by atoms with Crippen LogP contribution in [0.2, 0.25) is 10.1 Å². The lowest BCUT2D eigenvalue weighted by Gasteiger charge is -2.57. The number of carbonyl (C=O) groups excluding carboxylic acids is 2. The highest BCUT2D eigenvalue weighted by atomic mass is 28.4. The zero-order valence-electron chi connectivity index (χ0n) is 26.9. The molecule has 0 saturated carbocycles. The van der Waals surface area contributed by atoms with E-state index in [1.54, 1.807) is 79.9 Å². The van der Waals surface area contributed by atoms with E-state index in [1.807, 2.05) is 12.1 Å². The van der Waals surface area contributed by atoms with Crippen molar-refractivity contribution in [2.24, 2.45) is 0 Å². The van der Waals surface area contributed by atoms with Crippen molar-refractivity contribution < 1.29 is 42.1 Å². The lowest BCUT2D eigenvalue weighted by molar-refractivity contribution is -0.286. The third-order valence-electron chi connectivity index (χ3n) is 8.14. The van der Waals surface area contributed by atoms with E-state index in [2.05, 4.69) is 41.5 Å². The Labute approximate surface area is 265 Å². The van der Waals surface area contributed by atoms with Crippen molar-refractivity contribution in [3.05, 3.63) is 96.1 Å². The fraction of sp³-hybridized carbons (Fsp3) is 0.429. The van der Waals surface area contributed by atoms with Crippen LogP contribution in [0.25, 0.3) is 0 Å². The number of hydrogen-bond donors (Lipinski definition) is 0. The number of hydrogen-bond acceptors (Lipinski definition) is 9. The molecule has 0 aromatic heterocycles. The Kier molecular flexibility index (Phi) is 9.41. The molecule has 3 aromatic carbocycles. The van der Waals surface area contributed by atoms with Crippen molar-refractivity contribution in [2.45, 2.75) is 82.3 Å². The third kappa shape index (κ3) is 6.79. The third-order valence-corrected chi connectivity index (χ3v) is 13.3. The van der Waals surface area contributed by atoms with E-state index in [0.29, 0.717) is 22.6 Å². The van der Waals surface area contributed by atoms with Crippen LogP contribution in [-0.2, 0) is 23.1 Å². The molecule has 2 saturated heterocycles. The molecule has 0 aliphatic carbocycles. The first-order valence-corrected chi connectivity index (χ1v) is 16.9. The van der Waals surface area contributed by atoms with Gasteiger partial charge in [0.25, 0.3) is 0 Å². The molecular weight excluding hydrogens is 592 g/mol. The predicted molar refractivity (Wildman–Crippen MR) is 170 cm³/mol. The summed E-state index contributed by atoms with van der Waals surface area (Å²) in [6, 6.07) is 24.2. The molecule has 0 bridgehead atoms. The fourth-order valence-electron chi connectivity index (χ4n) is 6.17. The van der Waals surface area contributed by atoms with Crippen LogP contribution in [-0.4, -0.2) is 64.9 Å². The van der Waals surface area contributed by atoms with Crippen LogP contribution < -0.4 is 9.47 Å². The van der Waals surface area contributed by atoms with Gasteiger partial charge in [0.05, 0.1) is 24.8 Å². The summed E-state index contributed by atoms with van der Waals surface area (Å²) in [4.78, 5) is 27.2. The highest BCUT2D eigenvalue weighted by molar-refractivity contribution is 6.73. The van der Waals surface area contributed by atoms with E-state index in [-0.39, 0.29) is 16.7 Å². The van der Waals surface area contributed by atoms with Gasteiger partial charge in [-0.05, 0) is 48.5 Å². The van der Waals surface area contributed by atoms with Crippen LogP contribution in [0.5, 0.6) is 11.5 Å². The molecule has 2 fully saturated rings. The second-order valence-electron chi connectivity index (χ2n) is 13.3. The summed E-state index contributed by atoms with van der Waals surface area (Å²) in [7, 11) is -1.50. The molecule has 2 heterocycles. The Bertz CT molecular complexity index is 1430. The normalized spacial score (nSPS) is 24.6. The number of esters is 2. The first-order valence-electron chi connectivity index (χ1n) is 15.1. The molecular formula is C35H42O9Si. The van der Waals surface area contributed by atoms with E-state index in [9.17, 15) is 9.59 Å². The van der Waals surface area contributed by atoms with E-state index < -0.39 is 51.2 Å². The highest BCUT2D eigenvalue weighted by Crippen LogP contribution is 2.55. The Hall–Kier alpha value is -3.70. The Morgan fingerprint density at radius 3 is 1.69 bits per heavy atom. The lowest BCUT2D eigenvalue weighted by Crippen LogP contribution is -2.72. The maximum Gasteiger partial charge on any atom is 0.349 e. The van der Waals surface area contributed by atoms with E-state index in [0.717, 1.165) is 0 Å². The SMILES string of the molecule is COc1ccc(O[C@@H]2O[C@@H]3CO[Si](C(C)(C)C)(C(C)(C)C)O[C@@H]3[C@H](OC(=O)c3ccccc3)[C@H]2OC(=O)c2ccccc2)cc1. The number of methoxy groups -OCH3 is 1. The van der Waals surface area contributed by atoms with Crippen molar-refractivity contribution in [3.8, 4) is 11.5 Å². The topological polar surface area (TPSA) is 98.8 Å². The maximum atomic E-state index is 13.6. The van der Waals surface area contributed by atoms with Gasteiger partial charge in [-0.25, -0.2) is 9.59 Å². The van der Waals surface area contributed by atoms with Gasteiger partial charge in [-0.3, -0.25) is 0 Å². The average molecular weight is 635 g/mol. The Morgan fingerprint density at radius 1 is 0.711 bits per heavy atom. The molecule has 3 aromatic rings. The summed E-state index contributed by atoms with van der Waals surface area (Å²) in [5, 5.41) is -0.728. The number of ether oxygens (including phenoxy) is 5. The molecule has 2 aliphatic rings. The predicted octanol–water partition coefficient (Wildman–Crippen LogP) is 6.71. The molecule has 0 unspecified atom stereocenters. The van der Waals surface area contributed by atoms with Crippen LogP contribution in [0.4, 0.5) is 0 Å². The molecule has 0 radical (unpaired) electrons. The van der Waals surface area contributed by atoms with Crippen molar-refractivity contribution in [2.75, 3.05) is 13.7 Å². The molecule has 5 rings (SSSR count).